The molecule has 0 aliphatic rings. The summed E-state index contributed by atoms with van der Waals surface area (Å²) >= 11 is 0. The summed E-state index contributed by atoms with van der Waals surface area (Å²) in [6, 6.07) is 0.0399. The van der Waals surface area contributed by atoms with Gasteiger partial charge in [-0.3, -0.25) is 4.79 Å². The van der Waals surface area contributed by atoms with E-state index in [0.29, 0.717) is 6.42 Å². The molecule has 0 aromatic rings. The lowest BCUT2D eigenvalue weighted by Crippen LogP contribution is -2.22. The molecule has 2 nitrogen and oxygen atoms in total. The molecule has 0 aliphatic carbocycles. The Bertz CT molecular complexity index is 169. The van der Waals surface area contributed by atoms with Gasteiger partial charge in [-0.15, -0.1) is 0 Å². The van der Waals surface area contributed by atoms with Crippen LogP contribution in [0, 0.1) is 0 Å². The zero-order valence-electron chi connectivity index (χ0n) is 8.26. The molecular formula is C10H19NO. The van der Waals surface area contributed by atoms with Crippen LogP contribution >= 0.6 is 0 Å². The molecule has 0 rings (SSSR count). The third-order valence-corrected chi connectivity index (χ3v) is 1.57. The Balaban J connectivity index is 3.77. The third kappa shape index (κ3) is 6.10. The van der Waals surface area contributed by atoms with E-state index in [-0.39, 0.29) is 11.8 Å². The molecule has 0 saturated heterocycles. The smallest absolute Gasteiger partial charge is 0.157 e. The second-order valence-electron chi connectivity index (χ2n) is 3.44. The summed E-state index contributed by atoms with van der Waals surface area (Å²) in [5.41, 5.74) is 6.76. The van der Waals surface area contributed by atoms with Crippen molar-refractivity contribution < 1.29 is 4.79 Å². The van der Waals surface area contributed by atoms with Crippen molar-refractivity contribution in [1.82, 2.24) is 0 Å². The normalized spacial score (nSPS) is 12.3. The van der Waals surface area contributed by atoms with E-state index in [2.05, 4.69) is 6.92 Å². The van der Waals surface area contributed by atoms with Crippen molar-refractivity contribution in [3.63, 3.8) is 0 Å². The standard InChI is InChI=1S/C10H19NO/c1-4-5-9(11)7-10(12)6-8(2)3/h6,9H,4-5,7,11H2,1-3H3. The van der Waals surface area contributed by atoms with E-state index in [9.17, 15) is 4.79 Å². The predicted molar refractivity (Wildman–Crippen MR) is 51.9 cm³/mol. The van der Waals surface area contributed by atoms with Gasteiger partial charge in [0.1, 0.15) is 0 Å². The molecule has 0 saturated carbocycles. The molecule has 1 atom stereocenters. The second-order valence-corrected chi connectivity index (χ2v) is 3.44. The molecule has 2 heteroatoms. The van der Waals surface area contributed by atoms with Gasteiger partial charge in [0, 0.05) is 12.5 Å². The monoisotopic (exact) mass is 169 g/mol. The fourth-order valence-electron chi connectivity index (χ4n) is 1.11. The molecule has 0 bridgehead atoms. The Morgan fingerprint density at radius 2 is 2.08 bits per heavy atom. The van der Waals surface area contributed by atoms with Crippen LogP contribution in [0.2, 0.25) is 0 Å². The van der Waals surface area contributed by atoms with Crippen LogP contribution in [-0.4, -0.2) is 11.8 Å². The summed E-state index contributed by atoms with van der Waals surface area (Å²) in [6.45, 7) is 5.91. The minimum atomic E-state index is 0.0399. The lowest BCUT2D eigenvalue weighted by molar-refractivity contribution is -0.115. The van der Waals surface area contributed by atoms with Crippen LogP contribution < -0.4 is 5.73 Å². The van der Waals surface area contributed by atoms with Gasteiger partial charge in [-0.25, -0.2) is 0 Å². The molecule has 1 unspecified atom stereocenters. The van der Waals surface area contributed by atoms with Gasteiger partial charge < -0.3 is 5.73 Å². The molecule has 70 valence electrons. The molecule has 0 aromatic carbocycles. The Labute approximate surface area is 74.8 Å². The second kappa shape index (κ2) is 5.95. The summed E-state index contributed by atoms with van der Waals surface area (Å²) in [6.07, 6.45) is 4.13. The van der Waals surface area contributed by atoms with E-state index in [1.54, 1.807) is 6.08 Å². The Kier molecular flexibility index (Phi) is 5.64. The summed E-state index contributed by atoms with van der Waals surface area (Å²) in [5, 5.41) is 0. The van der Waals surface area contributed by atoms with Crippen LogP contribution in [0.5, 0.6) is 0 Å². The summed E-state index contributed by atoms with van der Waals surface area (Å²) in [7, 11) is 0. The summed E-state index contributed by atoms with van der Waals surface area (Å²) in [4.78, 5) is 11.2. The molecule has 0 radical (unpaired) electrons. The summed E-state index contributed by atoms with van der Waals surface area (Å²) < 4.78 is 0. The molecule has 0 aromatic heterocycles. The Hall–Kier alpha value is -0.630. The third-order valence-electron chi connectivity index (χ3n) is 1.57. The highest BCUT2D eigenvalue weighted by atomic mass is 16.1. The van der Waals surface area contributed by atoms with E-state index in [0.717, 1.165) is 18.4 Å². The number of carbonyl (C=O) groups is 1. The molecule has 0 spiro atoms. The number of hydrogen-bond donors (Lipinski definition) is 1. The van der Waals surface area contributed by atoms with Crippen molar-refractivity contribution in [1.29, 1.82) is 0 Å². The van der Waals surface area contributed by atoms with E-state index in [1.807, 2.05) is 13.8 Å². The van der Waals surface area contributed by atoms with Gasteiger partial charge in [0.2, 0.25) is 0 Å². The fraction of sp³-hybridized carbons (Fsp3) is 0.700. The number of ketones is 1. The first kappa shape index (κ1) is 11.4. The predicted octanol–water partition coefficient (Wildman–Crippen LogP) is 2.04. The zero-order chi connectivity index (χ0) is 9.56. The SMILES string of the molecule is CCCC(N)CC(=O)C=C(C)C. The minimum absolute atomic E-state index is 0.0399. The average molecular weight is 169 g/mol. The molecule has 0 heterocycles. The van der Waals surface area contributed by atoms with Gasteiger partial charge in [-0.1, -0.05) is 18.9 Å². The van der Waals surface area contributed by atoms with Crippen molar-refractivity contribution in [2.45, 2.75) is 46.1 Å². The van der Waals surface area contributed by atoms with Gasteiger partial charge >= 0.3 is 0 Å². The lowest BCUT2D eigenvalue weighted by atomic mass is 10.1. The molecular weight excluding hydrogens is 150 g/mol. The van der Waals surface area contributed by atoms with Crippen molar-refractivity contribution in [2.24, 2.45) is 5.73 Å². The van der Waals surface area contributed by atoms with E-state index in [1.165, 1.54) is 0 Å². The number of nitrogens with two attached hydrogens (primary N) is 1. The molecule has 0 amide bonds. The van der Waals surface area contributed by atoms with Gasteiger partial charge in [0.15, 0.2) is 5.78 Å². The maximum Gasteiger partial charge on any atom is 0.157 e. The Morgan fingerprint density at radius 1 is 1.50 bits per heavy atom. The first-order valence-corrected chi connectivity index (χ1v) is 4.49. The van der Waals surface area contributed by atoms with Gasteiger partial charge in [0.25, 0.3) is 0 Å². The molecule has 0 fully saturated rings. The van der Waals surface area contributed by atoms with Crippen molar-refractivity contribution >= 4 is 5.78 Å². The van der Waals surface area contributed by atoms with Gasteiger partial charge in [0.05, 0.1) is 0 Å². The topological polar surface area (TPSA) is 43.1 Å². The zero-order valence-corrected chi connectivity index (χ0v) is 8.26. The number of carbonyl (C=O) groups excluding carboxylic acids is 1. The summed E-state index contributed by atoms with van der Waals surface area (Å²) in [5.74, 6) is 0.149. The van der Waals surface area contributed by atoms with Crippen molar-refractivity contribution in [2.75, 3.05) is 0 Å². The van der Waals surface area contributed by atoms with Crippen molar-refractivity contribution in [3.05, 3.63) is 11.6 Å². The average Bonchev–Trinajstić information content (AvgIpc) is 1.84. The van der Waals surface area contributed by atoms with Crippen LogP contribution in [0.4, 0.5) is 0 Å². The Morgan fingerprint density at radius 3 is 2.50 bits per heavy atom. The highest BCUT2D eigenvalue weighted by Crippen LogP contribution is 2.01. The van der Waals surface area contributed by atoms with Gasteiger partial charge in [-0.05, 0) is 26.3 Å². The highest BCUT2D eigenvalue weighted by molar-refractivity contribution is 5.90. The van der Waals surface area contributed by atoms with Crippen molar-refractivity contribution in [3.8, 4) is 0 Å². The van der Waals surface area contributed by atoms with Crippen LogP contribution in [0.15, 0.2) is 11.6 Å². The van der Waals surface area contributed by atoms with Crippen LogP contribution in [0.1, 0.15) is 40.0 Å². The van der Waals surface area contributed by atoms with E-state index < -0.39 is 0 Å². The highest BCUT2D eigenvalue weighted by Gasteiger charge is 2.05. The number of allylic oxidation sites excluding steroid dienone is 2. The maximum absolute atomic E-state index is 11.2. The fourth-order valence-corrected chi connectivity index (χ4v) is 1.11. The van der Waals surface area contributed by atoms with Crippen LogP contribution in [0.3, 0.4) is 0 Å². The quantitative estimate of drug-likeness (QED) is 0.640. The molecule has 2 N–H and O–H groups in total. The minimum Gasteiger partial charge on any atom is -0.327 e. The largest absolute Gasteiger partial charge is 0.327 e. The number of rotatable bonds is 5. The lowest BCUT2D eigenvalue weighted by Gasteiger charge is -2.06. The van der Waals surface area contributed by atoms with Gasteiger partial charge in [-0.2, -0.15) is 0 Å². The first-order chi connectivity index (χ1) is 5.56. The maximum atomic E-state index is 11.2. The first-order valence-electron chi connectivity index (χ1n) is 4.49. The molecule has 0 aliphatic heterocycles. The van der Waals surface area contributed by atoms with E-state index in [4.69, 9.17) is 5.73 Å². The van der Waals surface area contributed by atoms with Crippen LogP contribution in [-0.2, 0) is 4.79 Å². The number of hydrogen-bond acceptors (Lipinski definition) is 2. The van der Waals surface area contributed by atoms with E-state index >= 15 is 0 Å². The van der Waals surface area contributed by atoms with Crippen LogP contribution in [0.25, 0.3) is 0 Å². The molecule has 12 heavy (non-hydrogen) atoms.